The number of amides is 1. The standard InChI is InChI=1S/C8H5F3N2O3/c9-8(10,11)6-7(15)12-3-2-16-4(1-14)5(3)13-6/h1-2,6,13H,(H,12,15). The molecule has 5 nitrogen and oxygen atoms in total. The normalized spacial score (nSPS) is 19.7. The summed E-state index contributed by atoms with van der Waals surface area (Å²) < 4.78 is 41.8. The van der Waals surface area contributed by atoms with Gasteiger partial charge in [-0.05, 0) is 0 Å². The molecule has 16 heavy (non-hydrogen) atoms. The summed E-state index contributed by atoms with van der Waals surface area (Å²) in [5.41, 5.74) is -0.135. The van der Waals surface area contributed by atoms with E-state index in [1.807, 2.05) is 10.6 Å². The number of carbonyl (C=O) groups excluding carboxylic acids is 2. The summed E-state index contributed by atoms with van der Waals surface area (Å²) in [7, 11) is 0. The second-order valence-corrected chi connectivity index (χ2v) is 3.11. The van der Waals surface area contributed by atoms with E-state index in [0.29, 0.717) is 0 Å². The van der Waals surface area contributed by atoms with Gasteiger partial charge >= 0.3 is 6.18 Å². The zero-order valence-corrected chi connectivity index (χ0v) is 7.59. The van der Waals surface area contributed by atoms with Crippen molar-refractivity contribution in [3.05, 3.63) is 12.0 Å². The Morgan fingerprint density at radius 3 is 2.69 bits per heavy atom. The Bertz CT molecular complexity index is 452. The number of hydrogen-bond donors (Lipinski definition) is 2. The lowest BCUT2D eigenvalue weighted by Gasteiger charge is -2.25. The highest BCUT2D eigenvalue weighted by Gasteiger charge is 2.48. The summed E-state index contributed by atoms with van der Waals surface area (Å²) >= 11 is 0. The summed E-state index contributed by atoms with van der Waals surface area (Å²) in [6, 6.07) is -2.38. The first-order valence-electron chi connectivity index (χ1n) is 4.14. The van der Waals surface area contributed by atoms with Crippen LogP contribution in [-0.4, -0.2) is 24.4 Å². The molecule has 0 fully saturated rings. The molecule has 0 aromatic carbocycles. The Balaban J connectivity index is 2.39. The second kappa shape index (κ2) is 3.26. The number of fused-ring (bicyclic) bond motifs is 1. The third kappa shape index (κ3) is 1.51. The predicted octanol–water partition coefficient (Wildman–Crippen LogP) is 1.39. The van der Waals surface area contributed by atoms with Gasteiger partial charge in [-0.2, -0.15) is 13.2 Å². The number of nitrogens with one attached hydrogen (secondary N) is 2. The summed E-state index contributed by atoms with van der Waals surface area (Å²) in [6.45, 7) is 0. The molecule has 8 heteroatoms. The van der Waals surface area contributed by atoms with Gasteiger partial charge in [0.25, 0.3) is 5.91 Å². The molecule has 1 aromatic rings. The topological polar surface area (TPSA) is 71.3 Å². The molecule has 2 N–H and O–H groups in total. The minimum atomic E-state index is -4.74. The second-order valence-electron chi connectivity index (χ2n) is 3.11. The Hall–Kier alpha value is -1.99. The van der Waals surface area contributed by atoms with Crippen molar-refractivity contribution in [3.8, 4) is 0 Å². The van der Waals surface area contributed by atoms with Crippen LogP contribution in [0.15, 0.2) is 10.7 Å². The van der Waals surface area contributed by atoms with Crippen molar-refractivity contribution in [2.45, 2.75) is 12.2 Å². The van der Waals surface area contributed by atoms with Crippen LogP contribution < -0.4 is 10.6 Å². The van der Waals surface area contributed by atoms with Crippen LogP contribution in [0.4, 0.5) is 24.5 Å². The minimum Gasteiger partial charge on any atom is -0.457 e. The number of halogens is 3. The van der Waals surface area contributed by atoms with E-state index in [4.69, 9.17) is 0 Å². The van der Waals surface area contributed by atoms with Gasteiger partial charge in [-0.15, -0.1) is 0 Å². The zero-order chi connectivity index (χ0) is 11.9. The van der Waals surface area contributed by atoms with Crippen LogP contribution in [0.1, 0.15) is 10.6 Å². The van der Waals surface area contributed by atoms with Gasteiger partial charge in [-0.25, -0.2) is 0 Å². The molecule has 2 heterocycles. The zero-order valence-electron chi connectivity index (χ0n) is 7.59. The SMILES string of the molecule is O=Cc1occ2c1NC(C(F)(F)F)C(=O)N2. The van der Waals surface area contributed by atoms with Crippen molar-refractivity contribution in [2.24, 2.45) is 0 Å². The van der Waals surface area contributed by atoms with Gasteiger partial charge < -0.3 is 15.1 Å². The maximum atomic E-state index is 12.4. The van der Waals surface area contributed by atoms with Gasteiger partial charge in [0.2, 0.25) is 6.04 Å². The predicted molar refractivity (Wildman–Crippen MR) is 46.2 cm³/mol. The number of anilines is 2. The average Bonchev–Trinajstić information content (AvgIpc) is 2.56. The monoisotopic (exact) mass is 234 g/mol. The Morgan fingerprint density at radius 1 is 1.44 bits per heavy atom. The van der Waals surface area contributed by atoms with E-state index in [1.54, 1.807) is 0 Å². The summed E-state index contributed by atoms with van der Waals surface area (Å²) in [5.74, 6) is -1.53. The Morgan fingerprint density at radius 2 is 2.12 bits per heavy atom. The van der Waals surface area contributed by atoms with Crippen LogP contribution in [0.3, 0.4) is 0 Å². The van der Waals surface area contributed by atoms with Gasteiger partial charge in [0.15, 0.2) is 12.0 Å². The van der Waals surface area contributed by atoms with Crippen molar-refractivity contribution in [2.75, 3.05) is 10.6 Å². The smallest absolute Gasteiger partial charge is 0.417 e. The molecular weight excluding hydrogens is 229 g/mol. The molecule has 1 aliphatic heterocycles. The number of aldehydes is 1. The van der Waals surface area contributed by atoms with E-state index >= 15 is 0 Å². The highest BCUT2D eigenvalue weighted by Crippen LogP contribution is 2.35. The van der Waals surface area contributed by atoms with Crippen molar-refractivity contribution in [3.63, 3.8) is 0 Å². The van der Waals surface area contributed by atoms with Crippen LogP contribution in [0.5, 0.6) is 0 Å². The average molecular weight is 234 g/mol. The van der Waals surface area contributed by atoms with Crippen molar-refractivity contribution in [1.29, 1.82) is 0 Å². The summed E-state index contributed by atoms with van der Waals surface area (Å²) in [6.07, 6.45) is -3.48. The number of carbonyl (C=O) groups is 2. The van der Waals surface area contributed by atoms with E-state index in [2.05, 4.69) is 4.42 Å². The largest absolute Gasteiger partial charge is 0.457 e. The maximum absolute atomic E-state index is 12.4. The highest BCUT2D eigenvalue weighted by molar-refractivity contribution is 6.05. The lowest BCUT2D eigenvalue weighted by molar-refractivity contribution is -0.156. The first kappa shape index (κ1) is 10.5. The van der Waals surface area contributed by atoms with E-state index < -0.39 is 18.1 Å². The molecule has 0 saturated carbocycles. The maximum Gasteiger partial charge on any atom is 0.417 e. The van der Waals surface area contributed by atoms with E-state index in [9.17, 15) is 22.8 Å². The molecule has 0 aliphatic carbocycles. The van der Waals surface area contributed by atoms with Crippen LogP contribution in [-0.2, 0) is 4.79 Å². The number of rotatable bonds is 1. The molecule has 2 rings (SSSR count). The van der Waals surface area contributed by atoms with Crippen molar-refractivity contribution >= 4 is 23.6 Å². The summed E-state index contributed by atoms with van der Waals surface area (Å²) in [5, 5.41) is 3.92. The van der Waals surface area contributed by atoms with Gasteiger partial charge in [0.1, 0.15) is 17.6 Å². The third-order valence-electron chi connectivity index (χ3n) is 2.06. The molecule has 1 aliphatic rings. The van der Waals surface area contributed by atoms with Gasteiger partial charge in [0, 0.05) is 0 Å². The third-order valence-corrected chi connectivity index (χ3v) is 2.06. The number of alkyl halides is 3. The van der Waals surface area contributed by atoms with E-state index in [0.717, 1.165) is 6.26 Å². The van der Waals surface area contributed by atoms with E-state index in [1.165, 1.54) is 0 Å². The lowest BCUT2D eigenvalue weighted by atomic mass is 10.1. The fourth-order valence-corrected chi connectivity index (χ4v) is 1.35. The minimum absolute atomic E-state index is 0.0209. The molecule has 1 unspecified atom stereocenters. The molecular formula is C8H5F3N2O3. The fraction of sp³-hybridized carbons (Fsp3) is 0.250. The van der Waals surface area contributed by atoms with Gasteiger partial charge in [-0.1, -0.05) is 0 Å². The van der Waals surface area contributed by atoms with Crippen molar-refractivity contribution < 1.29 is 27.2 Å². The van der Waals surface area contributed by atoms with E-state index in [-0.39, 0.29) is 23.4 Å². The Labute approximate surface area is 86.6 Å². The molecule has 0 spiro atoms. The molecule has 0 bridgehead atoms. The van der Waals surface area contributed by atoms with Gasteiger partial charge in [0.05, 0.1) is 0 Å². The molecule has 86 valence electrons. The molecule has 0 saturated heterocycles. The molecule has 1 aromatic heterocycles. The first-order valence-corrected chi connectivity index (χ1v) is 4.14. The highest BCUT2D eigenvalue weighted by atomic mass is 19.4. The van der Waals surface area contributed by atoms with Crippen LogP contribution in [0.2, 0.25) is 0 Å². The lowest BCUT2D eigenvalue weighted by Crippen LogP contribution is -2.48. The Kier molecular flexibility index (Phi) is 2.14. The van der Waals surface area contributed by atoms with Crippen LogP contribution in [0, 0.1) is 0 Å². The van der Waals surface area contributed by atoms with Crippen LogP contribution >= 0.6 is 0 Å². The molecule has 1 amide bonds. The van der Waals surface area contributed by atoms with Gasteiger partial charge in [-0.3, -0.25) is 9.59 Å². The first-order chi connectivity index (χ1) is 7.43. The molecule has 0 radical (unpaired) electrons. The summed E-state index contributed by atoms with van der Waals surface area (Å²) in [4.78, 5) is 21.5. The van der Waals surface area contributed by atoms with Crippen LogP contribution in [0.25, 0.3) is 0 Å². The quantitative estimate of drug-likeness (QED) is 0.720. The number of furan rings is 1. The molecule has 1 atom stereocenters. The fourth-order valence-electron chi connectivity index (χ4n) is 1.35. The number of hydrogen-bond acceptors (Lipinski definition) is 4. The van der Waals surface area contributed by atoms with Crippen molar-refractivity contribution in [1.82, 2.24) is 0 Å².